The van der Waals surface area contributed by atoms with Gasteiger partial charge in [-0.25, -0.2) is 0 Å². The Hall–Kier alpha value is -0.570. The molecule has 2 saturated carbocycles. The van der Waals surface area contributed by atoms with E-state index < -0.39 is 0 Å². The Morgan fingerprint density at radius 3 is 2.71 bits per heavy atom. The lowest BCUT2D eigenvalue weighted by atomic mass is 10.0. The zero-order valence-electron chi connectivity index (χ0n) is 8.75. The van der Waals surface area contributed by atoms with Gasteiger partial charge >= 0.3 is 0 Å². The molecule has 3 nitrogen and oxygen atoms in total. The largest absolute Gasteiger partial charge is 0.326 e. The predicted octanol–water partition coefficient (Wildman–Crippen LogP) is 0.954. The molecule has 0 aromatic carbocycles. The zero-order chi connectivity index (χ0) is 9.76. The van der Waals surface area contributed by atoms with Crippen LogP contribution in [-0.4, -0.2) is 30.1 Å². The number of nitrogens with one attached hydrogen (secondary N) is 1. The van der Waals surface area contributed by atoms with Crippen LogP contribution in [0, 0.1) is 11.8 Å². The molecule has 1 heterocycles. The molecule has 3 rings (SSSR count). The number of nitrogens with zero attached hydrogens (tertiary/aromatic N) is 1. The van der Waals surface area contributed by atoms with Gasteiger partial charge in [0.25, 0.3) is 0 Å². The number of amides is 1. The second kappa shape index (κ2) is 2.72. The smallest absolute Gasteiger partial charge is 0.237 e. The third-order valence-electron chi connectivity index (χ3n) is 4.40. The van der Waals surface area contributed by atoms with Crippen LogP contribution in [0.4, 0.5) is 0 Å². The Labute approximate surface area is 84.8 Å². The van der Waals surface area contributed by atoms with Crippen molar-refractivity contribution in [3.05, 3.63) is 0 Å². The van der Waals surface area contributed by atoms with Gasteiger partial charge in [-0.15, -0.1) is 0 Å². The predicted molar refractivity (Wildman–Crippen MR) is 53.6 cm³/mol. The molecule has 3 aliphatic rings. The first-order valence-corrected chi connectivity index (χ1v) is 5.73. The summed E-state index contributed by atoms with van der Waals surface area (Å²) in [6, 6.07) is 0. The second-order valence-corrected chi connectivity index (χ2v) is 5.18. The fourth-order valence-corrected chi connectivity index (χ4v) is 3.21. The first kappa shape index (κ1) is 8.72. The molecule has 2 atom stereocenters. The fourth-order valence-electron chi connectivity index (χ4n) is 3.21. The molecule has 0 aromatic rings. The molecule has 0 radical (unpaired) electrons. The van der Waals surface area contributed by atoms with E-state index in [0.717, 1.165) is 18.3 Å². The van der Waals surface area contributed by atoms with Crippen molar-refractivity contribution in [2.24, 2.45) is 11.8 Å². The number of hydrogen-bond donors (Lipinski definition) is 1. The molecule has 1 amide bonds. The quantitative estimate of drug-likeness (QED) is 0.674. The van der Waals surface area contributed by atoms with Crippen molar-refractivity contribution in [1.29, 1.82) is 0 Å². The van der Waals surface area contributed by atoms with Gasteiger partial charge in [-0.1, -0.05) is 0 Å². The Morgan fingerprint density at radius 1 is 1.36 bits per heavy atom. The van der Waals surface area contributed by atoms with Gasteiger partial charge < -0.3 is 4.90 Å². The van der Waals surface area contributed by atoms with E-state index in [1.54, 1.807) is 0 Å². The Morgan fingerprint density at radius 2 is 2.14 bits per heavy atom. The third kappa shape index (κ3) is 1.11. The van der Waals surface area contributed by atoms with E-state index >= 15 is 0 Å². The van der Waals surface area contributed by atoms with Crippen LogP contribution in [0.25, 0.3) is 0 Å². The zero-order valence-corrected chi connectivity index (χ0v) is 8.75. The lowest BCUT2D eigenvalue weighted by Crippen LogP contribution is -2.48. The van der Waals surface area contributed by atoms with Gasteiger partial charge in [0, 0.05) is 7.05 Å². The van der Waals surface area contributed by atoms with E-state index in [1.807, 2.05) is 11.9 Å². The highest BCUT2D eigenvalue weighted by Crippen LogP contribution is 2.49. The van der Waals surface area contributed by atoms with E-state index in [1.165, 1.54) is 25.7 Å². The van der Waals surface area contributed by atoms with Crippen LogP contribution >= 0.6 is 0 Å². The average Bonchev–Trinajstić information content (AvgIpc) is 2.90. The van der Waals surface area contributed by atoms with Gasteiger partial charge in [0.15, 0.2) is 0 Å². The number of carbonyl (C=O) groups is 1. The van der Waals surface area contributed by atoms with E-state index in [2.05, 4.69) is 5.32 Å². The minimum absolute atomic E-state index is 0.0460. The number of likely N-dealkylation sites (N-methyl/N-ethyl adjacent to an activating group) is 1. The molecule has 78 valence electrons. The standard InChI is InChI=1S/C11H18N2O/c1-13-10(14)7-12-11(13)5-4-9(6-11)8-2-3-8/h8-9,12H,2-7H2,1H3. The summed E-state index contributed by atoms with van der Waals surface area (Å²) in [4.78, 5) is 13.4. The summed E-state index contributed by atoms with van der Waals surface area (Å²) in [7, 11) is 1.96. The summed E-state index contributed by atoms with van der Waals surface area (Å²) in [6.45, 7) is 0.549. The van der Waals surface area contributed by atoms with Crippen LogP contribution in [-0.2, 0) is 4.79 Å². The molecule has 1 saturated heterocycles. The van der Waals surface area contributed by atoms with E-state index in [4.69, 9.17) is 0 Å². The molecule has 1 spiro atoms. The van der Waals surface area contributed by atoms with E-state index in [9.17, 15) is 4.79 Å². The SMILES string of the molecule is CN1C(=O)CNC12CCC(C1CC1)C2. The van der Waals surface area contributed by atoms with Crippen molar-refractivity contribution in [2.45, 2.75) is 37.8 Å². The van der Waals surface area contributed by atoms with Crippen molar-refractivity contribution in [2.75, 3.05) is 13.6 Å². The summed E-state index contributed by atoms with van der Waals surface area (Å²) in [5.41, 5.74) is 0.0460. The van der Waals surface area contributed by atoms with Crippen molar-refractivity contribution >= 4 is 5.91 Å². The maximum absolute atomic E-state index is 11.5. The number of carbonyl (C=O) groups excluding carboxylic acids is 1. The van der Waals surface area contributed by atoms with Crippen LogP contribution in [0.2, 0.25) is 0 Å². The van der Waals surface area contributed by atoms with Crippen LogP contribution in [0.3, 0.4) is 0 Å². The summed E-state index contributed by atoms with van der Waals surface area (Å²) >= 11 is 0. The minimum atomic E-state index is 0.0460. The van der Waals surface area contributed by atoms with Crippen LogP contribution in [0.5, 0.6) is 0 Å². The Kier molecular flexibility index (Phi) is 1.69. The molecule has 1 aliphatic heterocycles. The number of hydrogen-bond acceptors (Lipinski definition) is 2. The molecule has 1 N–H and O–H groups in total. The van der Waals surface area contributed by atoms with Crippen molar-refractivity contribution < 1.29 is 4.79 Å². The van der Waals surface area contributed by atoms with Crippen molar-refractivity contribution in [1.82, 2.24) is 10.2 Å². The molecule has 0 aromatic heterocycles. The Bertz CT molecular complexity index is 274. The fraction of sp³-hybridized carbons (Fsp3) is 0.909. The maximum atomic E-state index is 11.5. The molecule has 3 fully saturated rings. The third-order valence-corrected chi connectivity index (χ3v) is 4.40. The summed E-state index contributed by atoms with van der Waals surface area (Å²) in [5.74, 6) is 2.14. The maximum Gasteiger partial charge on any atom is 0.237 e. The molecular weight excluding hydrogens is 176 g/mol. The second-order valence-electron chi connectivity index (χ2n) is 5.18. The lowest BCUT2D eigenvalue weighted by molar-refractivity contribution is -0.128. The van der Waals surface area contributed by atoms with Gasteiger partial charge in [-0.2, -0.15) is 0 Å². The van der Waals surface area contributed by atoms with Gasteiger partial charge in [-0.05, 0) is 43.9 Å². The topological polar surface area (TPSA) is 32.3 Å². The molecule has 2 aliphatic carbocycles. The highest BCUT2D eigenvalue weighted by atomic mass is 16.2. The molecule has 2 unspecified atom stereocenters. The summed E-state index contributed by atoms with van der Waals surface area (Å²) in [5, 5.41) is 3.42. The van der Waals surface area contributed by atoms with Crippen LogP contribution in [0.15, 0.2) is 0 Å². The first-order chi connectivity index (χ1) is 6.71. The minimum Gasteiger partial charge on any atom is -0.326 e. The normalized spacial score (nSPS) is 42.8. The summed E-state index contributed by atoms with van der Waals surface area (Å²) < 4.78 is 0. The monoisotopic (exact) mass is 194 g/mol. The highest BCUT2D eigenvalue weighted by Gasteiger charge is 2.50. The average molecular weight is 194 g/mol. The lowest BCUT2D eigenvalue weighted by Gasteiger charge is -2.32. The van der Waals surface area contributed by atoms with Gasteiger partial charge in [-0.3, -0.25) is 10.1 Å². The van der Waals surface area contributed by atoms with Gasteiger partial charge in [0.1, 0.15) is 0 Å². The summed E-state index contributed by atoms with van der Waals surface area (Å²) in [6.07, 6.45) is 6.53. The van der Waals surface area contributed by atoms with E-state index in [0.29, 0.717) is 6.54 Å². The molecule has 0 bridgehead atoms. The van der Waals surface area contributed by atoms with Gasteiger partial charge in [0.05, 0.1) is 12.2 Å². The van der Waals surface area contributed by atoms with Gasteiger partial charge in [0.2, 0.25) is 5.91 Å². The molecule has 3 heteroatoms. The van der Waals surface area contributed by atoms with E-state index in [-0.39, 0.29) is 11.6 Å². The number of rotatable bonds is 1. The van der Waals surface area contributed by atoms with Crippen LogP contribution in [0.1, 0.15) is 32.1 Å². The molecular formula is C11H18N2O. The van der Waals surface area contributed by atoms with Crippen molar-refractivity contribution in [3.63, 3.8) is 0 Å². The highest BCUT2D eigenvalue weighted by molar-refractivity contribution is 5.81. The molecule has 14 heavy (non-hydrogen) atoms. The van der Waals surface area contributed by atoms with Crippen molar-refractivity contribution in [3.8, 4) is 0 Å². The van der Waals surface area contributed by atoms with Crippen LogP contribution < -0.4 is 5.32 Å². The Balaban J connectivity index is 1.75. The first-order valence-electron chi connectivity index (χ1n) is 5.73.